The van der Waals surface area contributed by atoms with Crippen molar-refractivity contribution >= 4 is 29.3 Å². The second-order valence-electron chi connectivity index (χ2n) is 7.60. The Morgan fingerprint density at radius 1 is 1.17 bits per heavy atom. The molecule has 0 bridgehead atoms. The van der Waals surface area contributed by atoms with Crippen LogP contribution in [0.25, 0.3) is 0 Å². The molecule has 0 atom stereocenters. The van der Waals surface area contributed by atoms with Crippen molar-refractivity contribution in [3.8, 4) is 0 Å². The molecule has 2 rings (SSSR count). The van der Waals surface area contributed by atoms with E-state index in [2.05, 4.69) is 16.2 Å². The standard InChI is InChI=1S/C21H31ClN4O4/c1-15(2)30-13-5-10-23-20(28)16-8-11-26(12-9-16)14-19(27)24-25-21(29)17-6-3-4-7-18(17)22/h3-4,6-7,15-16H,5,8-14H2,1-2H3,(H,23,28)(H,24,27)(H,25,29). The van der Waals surface area contributed by atoms with Gasteiger partial charge in [0.2, 0.25) is 5.91 Å². The SMILES string of the molecule is CC(C)OCCCNC(=O)C1CCN(CC(=O)NNC(=O)c2ccccc2Cl)CC1. The Kier molecular flexibility index (Phi) is 10.1. The van der Waals surface area contributed by atoms with Gasteiger partial charge in [0, 0.05) is 19.1 Å². The van der Waals surface area contributed by atoms with Gasteiger partial charge in [0.05, 0.1) is 23.2 Å². The maximum absolute atomic E-state index is 12.3. The molecule has 3 amide bonds. The van der Waals surface area contributed by atoms with E-state index in [1.807, 2.05) is 18.7 Å². The molecule has 0 aliphatic carbocycles. The molecule has 1 aromatic carbocycles. The Morgan fingerprint density at radius 3 is 2.53 bits per heavy atom. The minimum atomic E-state index is -0.469. The van der Waals surface area contributed by atoms with Gasteiger partial charge in [-0.05, 0) is 58.3 Å². The number of amides is 3. The van der Waals surface area contributed by atoms with Crippen molar-refractivity contribution in [1.82, 2.24) is 21.1 Å². The van der Waals surface area contributed by atoms with Crippen LogP contribution >= 0.6 is 11.6 Å². The number of carbonyl (C=O) groups is 3. The van der Waals surface area contributed by atoms with E-state index in [-0.39, 0.29) is 30.4 Å². The van der Waals surface area contributed by atoms with Gasteiger partial charge in [-0.3, -0.25) is 30.1 Å². The Bertz CT molecular complexity index is 721. The fourth-order valence-electron chi connectivity index (χ4n) is 3.18. The molecule has 30 heavy (non-hydrogen) atoms. The number of hydrogen-bond donors (Lipinski definition) is 3. The first-order chi connectivity index (χ1) is 14.4. The predicted molar refractivity (Wildman–Crippen MR) is 115 cm³/mol. The van der Waals surface area contributed by atoms with Crippen molar-refractivity contribution in [3.63, 3.8) is 0 Å². The van der Waals surface area contributed by atoms with Gasteiger partial charge in [0.25, 0.3) is 11.8 Å². The fraction of sp³-hybridized carbons (Fsp3) is 0.571. The topological polar surface area (TPSA) is 99.8 Å². The Labute approximate surface area is 182 Å². The lowest BCUT2D eigenvalue weighted by Gasteiger charge is -2.30. The molecule has 1 aliphatic heterocycles. The number of carbonyl (C=O) groups excluding carboxylic acids is 3. The van der Waals surface area contributed by atoms with Gasteiger partial charge in [-0.15, -0.1) is 0 Å². The lowest BCUT2D eigenvalue weighted by atomic mass is 9.96. The summed E-state index contributed by atoms with van der Waals surface area (Å²) in [6.45, 7) is 6.68. The lowest BCUT2D eigenvalue weighted by molar-refractivity contribution is -0.127. The number of nitrogens with zero attached hydrogens (tertiary/aromatic N) is 1. The van der Waals surface area contributed by atoms with Crippen LogP contribution in [-0.2, 0) is 14.3 Å². The van der Waals surface area contributed by atoms with Crippen LogP contribution < -0.4 is 16.2 Å². The Morgan fingerprint density at radius 2 is 1.87 bits per heavy atom. The largest absolute Gasteiger partial charge is 0.379 e. The molecular formula is C21H31ClN4O4. The third kappa shape index (κ3) is 8.30. The van der Waals surface area contributed by atoms with Crippen LogP contribution in [0.5, 0.6) is 0 Å². The molecule has 0 aromatic heterocycles. The maximum Gasteiger partial charge on any atom is 0.271 e. The number of hydrogen-bond acceptors (Lipinski definition) is 5. The molecule has 0 unspecified atom stereocenters. The molecule has 9 heteroatoms. The Hall–Kier alpha value is -2.16. The second kappa shape index (κ2) is 12.5. The first-order valence-electron chi connectivity index (χ1n) is 10.3. The zero-order chi connectivity index (χ0) is 21.9. The summed E-state index contributed by atoms with van der Waals surface area (Å²) in [5.41, 5.74) is 5.07. The van der Waals surface area contributed by atoms with Crippen LogP contribution in [0, 0.1) is 5.92 Å². The molecule has 0 spiro atoms. The monoisotopic (exact) mass is 438 g/mol. The molecule has 1 heterocycles. The number of ether oxygens (including phenoxy) is 1. The lowest BCUT2D eigenvalue weighted by Crippen LogP contribution is -2.48. The molecule has 1 aromatic rings. The van der Waals surface area contributed by atoms with Crippen molar-refractivity contribution in [2.45, 2.75) is 39.2 Å². The summed E-state index contributed by atoms with van der Waals surface area (Å²) in [4.78, 5) is 38.4. The van der Waals surface area contributed by atoms with Crippen LogP contribution in [0.3, 0.4) is 0 Å². The highest BCUT2D eigenvalue weighted by atomic mass is 35.5. The Balaban J connectivity index is 1.62. The highest BCUT2D eigenvalue weighted by molar-refractivity contribution is 6.33. The normalized spacial score (nSPS) is 15.1. The first kappa shape index (κ1) is 24.1. The summed E-state index contributed by atoms with van der Waals surface area (Å²) in [6, 6.07) is 6.61. The number of rotatable bonds is 9. The fourth-order valence-corrected chi connectivity index (χ4v) is 3.40. The summed E-state index contributed by atoms with van der Waals surface area (Å²) in [5, 5.41) is 3.28. The highest BCUT2D eigenvalue weighted by Crippen LogP contribution is 2.17. The summed E-state index contributed by atoms with van der Waals surface area (Å²) in [5.74, 6) is -0.752. The van der Waals surface area contributed by atoms with Crippen molar-refractivity contribution in [2.75, 3.05) is 32.8 Å². The van der Waals surface area contributed by atoms with Crippen LogP contribution in [0.4, 0.5) is 0 Å². The maximum atomic E-state index is 12.3. The van der Waals surface area contributed by atoms with Crippen LogP contribution in [0.1, 0.15) is 43.5 Å². The summed E-state index contributed by atoms with van der Waals surface area (Å²) >= 11 is 5.97. The molecule has 3 N–H and O–H groups in total. The van der Waals surface area contributed by atoms with Gasteiger partial charge in [-0.2, -0.15) is 0 Å². The number of benzene rings is 1. The zero-order valence-electron chi connectivity index (χ0n) is 17.6. The summed E-state index contributed by atoms with van der Waals surface area (Å²) < 4.78 is 5.46. The van der Waals surface area contributed by atoms with Gasteiger partial charge in [0.1, 0.15) is 0 Å². The first-order valence-corrected chi connectivity index (χ1v) is 10.7. The van der Waals surface area contributed by atoms with E-state index in [1.54, 1.807) is 24.3 Å². The molecular weight excluding hydrogens is 408 g/mol. The van der Waals surface area contributed by atoms with E-state index in [0.29, 0.717) is 49.7 Å². The average Bonchev–Trinajstić information content (AvgIpc) is 2.72. The number of hydrazine groups is 1. The van der Waals surface area contributed by atoms with E-state index >= 15 is 0 Å². The number of piperidine rings is 1. The third-order valence-corrected chi connectivity index (χ3v) is 5.16. The van der Waals surface area contributed by atoms with Crippen LogP contribution in [0.15, 0.2) is 24.3 Å². The molecule has 1 saturated heterocycles. The molecule has 8 nitrogen and oxygen atoms in total. The third-order valence-electron chi connectivity index (χ3n) is 4.83. The molecule has 1 fully saturated rings. The van der Waals surface area contributed by atoms with Crippen LogP contribution in [0.2, 0.25) is 5.02 Å². The smallest absolute Gasteiger partial charge is 0.271 e. The van der Waals surface area contributed by atoms with Crippen molar-refractivity contribution in [1.29, 1.82) is 0 Å². The molecule has 0 saturated carbocycles. The second-order valence-corrected chi connectivity index (χ2v) is 8.00. The summed E-state index contributed by atoms with van der Waals surface area (Å²) in [6.07, 6.45) is 2.40. The van der Waals surface area contributed by atoms with E-state index in [0.717, 1.165) is 6.42 Å². The van der Waals surface area contributed by atoms with Gasteiger partial charge in [-0.1, -0.05) is 23.7 Å². The minimum absolute atomic E-state index is 0.0322. The number of likely N-dealkylation sites (tertiary alicyclic amines) is 1. The van der Waals surface area contributed by atoms with Gasteiger partial charge < -0.3 is 10.1 Å². The van der Waals surface area contributed by atoms with Crippen molar-refractivity contribution in [2.24, 2.45) is 5.92 Å². The number of nitrogens with one attached hydrogen (secondary N) is 3. The van der Waals surface area contributed by atoms with E-state index < -0.39 is 5.91 Å². The van der Waals surface area contributed by atoms with Gasteiger partial charge in [0.15, 0.2) is 0 Å². The van der Waals surface area contributed by atoms with Crippen molar-refractivity contribution < 1.29 is 19.1 Å². The zero-order valence-corrected chi connectivity index (χ0v) is 18.3. The van der Waals surface area contributed by atoms with E-state index in [9.17, 15) is 14.4 Å². The average molecular weight is 439 g/mol. The van der Waals surface area contributed by atoms with Crippen LogP contribution in [-0.4, -0.2) is 61.5 Å². The van der Waals surface area contributed by atoms with E-state index in [1.165, 1.54) is 0 Å². The quantitative estimate of drug-likeness (QED) is 0.403. The molecule has 1 aliphatic rings. The minimum Gasteiger partial charge on any atom is -0.379 e. The molecule has 0 radical (unpaired) electrons. The van der Waals surface area contributed by atoms with Crippen molar-refractivity contribution in [3.05, 3.63) is 34.9 Å². The van der Waals surface area contributed by atoms with Gasteiger partial charge >= 0.3 is 0 Å². The van der Waals surface area contributed by atoms with Gasteiger partial charge in [-0.25, -0.2) is 0 Å². The molecule has 166 valence electrons. The predicted octanol–water partition coefficient (Wildman–Crippen LogP) is 1.74. The summed E-state index contributed by atoms with van der Waals surface area (Å²) in [7, 11) is 0. The van der Waals surface area contributed by atoms with E-state index in [4.69, 9.17) is 16.3 Å². The highest BCUT2D eigenvalue weighted by Gasteiger charge is 2.25. The number of halogens is 1.